The maximum absolute atomic E-state index is 6.07. The zero-order valence-corrected chi connectivity index (χ0v) is 11.1. The van der Waals surface area contributed by atoms with Crippen LogP contribution in [0.4, 0.5) is 5.13 Å². The van der Waals surface area contributed by atoms with Crippen molar-refractivity contribution in [1.82, 2.24) is 10.3 Å². The first-order valence-corrected chi connectivity index (χ1v) is 6.53. The van der Waals surface area contributed by atoms with Gasteiger partial charge in [-0.3, -0.25) is 0 Å². The molecule has 0 aromatic carbocycles. The second kappa shape index (κ2) is 6.30. The highest BCUT2D eigenvalue weighted by molar-refractivity contribution is 7.16. The average molecular weight is 248 g/mol. The molecule has 0 radical (unpaired) electrons. The summed E-state index contributed by atoms with van der Waals surface area (Å²) in [6, 6.07) is 0. The summed E-state index contributed by atoms with van der Waals surface area (Å²) in [4.78, 5) is 7.72. The van der Waals surface area contributed by atoms with Crippen molar-refractivity contribution in [2.45, 2.75) is 27.3 Å². The van der Waals surface area contributed by atoms with E-state index in [1.807, 2.05) is 0 Å². The van der Waals surface area contributed by atoms with E-state index in [1.165, 1.54) is 0 Å². The van der Waals surface area contributed by atoms with Crippen molar-refractivity contribution in [1.29, 1.82) is 0 Å². The molecule has 86 valence electrons. The molecule has 0 saturated carbocycles. The Labute approximate surface area is 100 Å². The fraction of sp³-hybridized carbons (Fsp3) is 0.700. The highest BCUT2D eigenvalue weighted by Crippen LogP contribution is 2.29. The molecule has 0 aliphatic heterocycles. The molecule has 0 bridgehead atoms. The van der Waals surface area contributed by atoms with E-state index in [4.69, 9.17) is 11.6 Å². The summed E-state index contributed by atoms with van der Waals surface area (Å²) in [7, 11) is 0. The van der Waals surface area contributed by atoms with Gasteiger partial charge in [0, 0.05) is 19.6 Å². The molecule has 1 rings (SSSR count). The van der Waals surface area contributed by atoms with Gasteiger partial charge in [0.05, 0.1) is 4.88 Å². The number of thiazole rings is 1. The van der Waals surface area contributed by atoms with Gasteiger partial charge < -0.3 is 10.2 Å². The quantitative estimate of drug-likeness (QED) is 0.838. The lowest BCUT2D eigenvalue weighted by atomic mass is 10.5. The van der Waals surface area contributed by atoms with E-state index in [0.717, 1.165) is 36.2 Å². The molecule has 1 aromatic rings. The Morgan fingerprint density at radius 1 is 1.33 bits per heavy atom. The van der Waals surface area contributed by atoms with Gasteiger partial charge in [0.2, 0.25) is 0 Å². The highest BCUT2D eigenvalue weighted by Gasteiger charge is 2.12. The van der Waals surface area contributed by atoms with Crippen LogP contribution in [-0.2, 0) is 6.54 Å². The first-order chi connectivity index (χ1) is 7.22. The van der Waals surface area contributed by atoms with E-state index in [2.05, 4.69) is 36.0 Å². The fourth-order valence-corrected chi connectivity index (χ4v) is 2.66. The van der Waals surface area contributed by atoms with Crippen molar-refractivity contribution in [2.75, 3.05) is 24.5 Å². The SMILES string of the molecule is CCNCc1sc(N(CC)CC)nc1Cl. The van der Waals surface area contributed by atoms with E-state index in [9.17, 15) is 0 Å². The van der Waals surface area contributed by atoms with Crippen LogP contribution in [-0.4, -0.2) is 24.6 Å². The van der Waals surface area contributed by atoms with Gasteiger partial charge in [0.25, 0.3) is 0 Å². The summed E-state index contributed by atoms with van der Waals surface area (Å²) in [5.41, 5.74) is 0. The normalized spacial score (nSPS) is 10.7. The number of rotatable bonds is 6. The molecular formula is C10H18ClN3S. The van der Waals surface area contributed by atoms with E-state index >= 15 is 0 Å². The Kier molecular flexibility index (Phi) is 5.36. The lowest BCUT2D eigenvalue weighted by molar-refractivity contribution is 0.734. The third-order valence-corrected chi connectivity index (χ3v) is 3.75. The fourth-order valence-electron chi connectivity index (χ4n) is 1.30. The van der Waals surface area contributed by atoms with Crippen LogP contribution in [0.15, 0.2) is 0 Å². The maximum atomic E-state index is 6.07. The van der Waals surface area contributed by atoms with E-state index < -0.39 is 0 Å². The summed E-state index contributed by atoms with van der Waals surface area (Å²) < 4.78 is 0. The number of hydrogen-bond donors (Lipinski definition) is 1. The molecule has 0 aliphatic rings. The van der Waals surface area contributed by atoms with Crippen molar-refractivity contribution in [2.24, 2.45) is 0 Å². The summed E-state index contributed by atoms with van der Waals surface area (Å²) in [6.07, 6.45) is 0. The zero-order chi connectivity index (χ0) is 11.3. The number of halogens is 1. The summed E-state index contributed by atoms with van der Waals surface area (Å²) in [5.74, 6) is 0. The van der Waals surface area contributed by atoms with E-state index in [-0.39, 0.29) is 0 Å². The van der Waals surface area contributed by atoms with Crippen molar-refractivity contribution >= 4 is 28.1 Å². The van der Waals surface area contributed by atoms with Crippen LogP contribution < -0.4 is 10.2 Å². The number of nitrogens with zero attached hydrogens (tertiary/aromatic N) is 2. The monoisotopic (exact) mass is 247 g/mol. The molecule has 0 fully saturated rings. The Hall–Kier alpha value is -0.320. The topological polar surface area (TPSA) is 28.2 Å². The Morgan fingerprint density at radius 3 is 2.53 bits per heavy atom. The predicted molar refractivity (Wildman–Crippen MR) is 68.1 cm³/mol. The standard InChI is InChI=1S/C10H18ClN3S/c1-4-12-7-8-9(11)13-10(15-8)14(5-2)6-3/h12H,4-7H2,1-3H3. The molecular weight excluding hydrogens is 230 g/mol. The molecule has 0 spiro atoms. The van der Waals surface area contributed by atoms with Gasteiger partial charge in [0.1, 0.15) is 5.15 Å². The number of anilines is 1. The minimum absolute atomic E-state index is 0.642. The highest BCUT2D eigenvalue weighted by atomic mass is 35.5. The molecule has 5 heteroatoms. The average Bonchev–Trinajstić information content (AvgIpc) is 2.59. The van der Waals surface area contributed by atoms with Crippen LogP contribution in [0.1, 0.15) is 25.6 Å². The summed E-state index contributed by atoms with van der Waals surface area (Å²) >= 11 is 7.75. The van der Waals surface area contributed by atoms with Gasteiger partial charge in [-0.2, -0.15) is 0 Å². The lowest BCUT2D eigenvalue weighted by Crippen LogP contribution is -2.21. The zero-order valence-electron chi connectivity index (χ0n) is 9.51. The molecule has 0 unspecified atom stereocenters. The molecule has 1 heterocycles. The van der Waals surface area contributed by atoms with Gasteiger partial charge in [-0.15, -0.1) is 0 Å². The third kappa shape index (κ3) is 3.33. The first-order valence-electron chi connectivity index (χ1n) is 5.33. The second-order valence-corrected chi connectivity index (χ2v) is 4.58. The molecule has 0 saturated heterocycles. The van der Waals surface area contributed by atoms with Gasteiger partial charge in [0.15, 0.2) is 5.13 Å². The third-order valence-electron chi connectivity index (χ3n) is 2.21. The van der Waals surface area contributed by atoms with Gasteiger partial charge in [-0.05, 0) is 20.4 Å². The molecule has 0 atom stereocenters. The van der Waals surface area contributed by atoms with Crippen LogP contribution in [0.5, 0.6) is 0 Å². The minimum Gasteiger partial charge on any atom is -0.349 e. The lowest BCUT2D eigenvalue weighted by Gasteiger charge is -2.16. The van der Waals surface area contributed by atoms with Crippen molar-refractivity contribution in [3.8, 4) is 0 Å². The smallest absolute Gasteiger partial charge is 0.187 e. The molecule has 1 aromatic heterocycles. The van der Waals surface area contributed by atoms with E-state index in [1.54, 1.807) is 11.3 Å². The van der Waals surface area contributed by atoms with Gasteiger partial charge in [-0.25, -0.2) is 4.98 Å². The number of hydrogen-bond acceptors (Lipinski definition) is 4. The molecule has 0 amide bonds. The first kappa shape index (κ1) is 12.7. The Balaban J connectivity index is 2.75. The maximum Gasteiger partial charge on any atom is 0.187 e. The number of nitrogens with one attached hydrogen (secondary N) is 1. The van der Waals surface area contributed by atoms with Crippen LogP contribution in [0, 0.1) is 0 Å². The Morgan fingerprint density at radius 2 is 2.00 bits per heavy atom. The van der Waals surface area contributed by atoms with Crippen LogP contribution >= 0.6 is 22.9 Å². The van der Waals surface area contributed by atoms with Crippen LogP contribution in [0.2, 0.25) is 5.15 Å². The molecule has 0 aliphatic carbocycles. The van der Waals surface area contributed by atoms with Crippen LogP contribution in [0.3, 0.4) is 0 Å². The molecule has 3 nitrogen and oxygen atoms in total. The van der Waals surface area contributed by atoms with E-state index in [0.29, 0.717) is 5.15 Å². The van der Waals surface area contributed by atoms with Crippen molar-refractivity contribution in [3.63, 3.8) is 0 Å². The second-order valence-electron chi connectivity index (χ2n) is 3.16. The Bertz CT molecular complexity index is 297. The summed E-state index contributed by atoms with van der Waals surface area (Å²) in [6.45, 7) is 10.1. The minimum atomic E-state index is 0.642. The molecule has 15 heavy (non-hydrogen) atoms. The van der Waals surface area contributed by atoms with Gasteiger partial charge in [-0.1, -0.05) is 29.9 Å². The summed E-state index contributed by atoms with van der Waals surface area (Å²) in [5, 5.41) is 4.93. The largest absolute Gasteiger partial charge is 0.349 e. The number of aromatic nitrogens is 1. The van der Waals surface area contributed by atoms with Gasteiger partial charge >= 0.3 is 0 Å². The van der Waals surface area contributed by atoms with Crippen molar-refractivity contribution < 1.29 is 0 Å². The molecule has 1 N–H and O–H groups in total. The predicted octanol–water partition coefficient (Wildman–Crippen LogP) is 2.75. The van der Waals surface area contributed by atoms with Crippen molar-refractivity contribution in [3.05, 3.63) is 10.0 Å². The van der Waals surface area contributed by atoms with Crippen LogP contribution in [0.25, 0.3) is 0 Å².